The zero-order valence-corrected chi connectivity index (χ0v) is 12.7. The van der Waals surface area contributed by atoms with Crippen molar-refractivity contribution in [2.45, 2.75) is 51.1 Å². The van der Waals surface area contributed by atoms with E-state index < -0.39 is 12.3 Å². The van der Waals surface area contributed by atoms with Crippen molar-refractivity contribution in [2.24, 2.45) is 17.8 Å². The third kappa shape index (κ3) is 3.03. The van der Waals surface area contributed by atoms with Crippen LogP contribution in [-0.4, -0.2) is 42.1 Å². The second kappa shape index (κ2) is 6.01. The topological polar surface area (TPSA) is 82.1 Å². The van der Waals surface area contributed by atoms with E-state index in [9.17, 15) is 14.7 Å². The summed E-state index contributed by atoms with van der Waals surface area (Å²) in [4.78, 5) is 23.9. The molecule has 0 aromatic heterocycles. The lowest BCUT2D eigenvalue weighted by atomic mass is 9.67. The number of carbonyl (C=O) groups excluding carboxylic acids is 2. The summed E-state index contributed by atoms with van der Waals surface area (Å²) in [6.07, 6.45) is 1.50. The van der Waals surface area contributed by atoms with Crippen molar-refractivity contribution in [2.75, 3.05) is 6.61 Å². The van der Waals surface area contributed by atoms with Crippen LogP contribution in [-0.2, 0) is 23.8 Å². The van der Waals surface area contributed by atoms with E-state index >= 15 is 0 Å². The van der Waals surface area contributed by atoms with E-state index in [0.717, 1.165) is 25.7 Å². The Labute approximate surface area is 129 Å². The summed E-state index contributed by atoms with van der Waals surface area (Å²) in [5, 5.41) is 9.46. The van der Waals surface area contributed by atoms with Crippen molar-refractivity contribution in [3.63, 3.8) is 0 Å². The Morgan fingerprint density at radius 3 is 2.91 bits per heavy atom. The normalized spacial score (nSPS) is 37.4. The minimum atomic E-state index is -1.17. The highest BCUT2D eigenvalue weighted by molar-refractivity contribution is 5.74. The number of hydrogen-bond acceptors (Lipinski definition) is 6. The number of aliphatic hydroxyl groups is 1. The molecule has 0 spiro atoms. The van der Waals surface area contributed by atoms with Gasteiger partial charge >= 0.3 is 11.9 Å². The lowest BCUT2D eigenvalue weighted by molar-refractivity contribution is -0.181. The van der Waals surface area contributed by atoms with Gasteiger partial charge < -0.3 is 19.3 Å². The van der Waals surface area contributed by atoms with Crippen LogP contribution in [0.15, 0.2) is 12.2 Å². The molecule has 2 saturated heterocycles. The van der Waals surface area contributed by atoms with Crippen LogP contribution >= 0.6 is 0 Å². The van der Waals surface area contributed by atoms with Crippen molar-refractivity contribution in [3.8, 4) is 0 Å². The summed E-state index contributed by atoms with van der Waals surface area (Å²) in [6.45, 7) is 4.81. The molecule has 22 heavy (non-hydrogen) atoms. The summed E-state index contributed by atoms with van der Waals surface area (Å²) in [5.41, 5.74) is 0.424. The number of carbonyl (C=O) groups is 2. The van der Waals surface area contributed by atoms with Gasteiger partial charge in [-0.2, -0.15) is 0 Å². The highest BCUT2D eigenvalue weighted by Gasteiger charge is 2.51. The molecule has 2 saturated carbocycles. The average molecular weight is 310 g/mol. The van der Waals surface area contributed by atoms with Gasteiger partial charge in [-0.3, -0.25) is 4.79 Å². The molecule has 4 bridgehead atoms. The average Bonchev–Trinajstić information content (AvgIpc) is 2.62. The summed E-state index contributed by atoms with van der Waals surface area (Å²) in [7, 11) is 0. The smallest absolute Gasteiger partial charge is 0.332 e. The molecule has 0 amide bonds. The minimum Gasteiger partial charge on any atom is -0.458 e. The molecule has 1 N–H and O–H groups in total. The van der Waals surface area contributed by atoms with Gasteiger partial charge in [0.1, 0.15) is 18.8 Å². The molecule has 2 aliphatic heterocycles. The van der Waals surface area contributed by atoms with E-state index in [0.29, 0.717) is 11.5 Å². The first-order chi connectivity index (χ1) is 10.4. The Balaban J connectivity index is 1.59. The molecule has 4 fully saturated rings. The van der Waals surface area contributed by atoms with E-state index in [1.54, 1.807) is 6.92 Å². The molecule has 2 heterocycles. The fourth-order valence-electron chi connectivity index (χ4n) is 3.91. The number of hydrogen-bond donors (Lipinski definition) is 1. The summed E-state index contributed by atoms with van der Waals surface area (Å²) in [5.74, 6) is -0.0573. The van der Waals surface area contributed by atoms with Crippen LogP contribution in [0.1, 0.15) is 32.6 Å². The van der Waals surface area contributed by atoms with Crippen LogP contribution in [0.3, 0.4) is 0 Å². The van der Waals surface area contributed by atoms with E-state index in [2.05, 4.69) is 6.58 Å². The predicted molar refractivity (Wildman–Crippen MR) is 75.5 cm³/mol. The molecule has 6 atom stereocenters. The van der Waals surface area contributed by atoms with Crippen LogP contribution in [0.2, 0.25) is 0 Å². The van der Waals surface area contributed by atoms with Gasteiger partial charge in [0, 0.05) is 5.92 Å². The standard InChI is InChI=1S/C16H22O6/c1-8(2)15(18)20-7-13(17)22-14-10-3-9-4-11(6-10)16(19)21-12(14)5-9/h9-12,14-15,18H,1,3-7H2,2H3. The van der Waals surface area contributed by atoms with Gasteiger partial charge in [-0.15, -0.1) is 0 Å². The predicted octanol–water partition coefficient (Wildman–Crippen LogP) is 1.17. The molecule has 6 unspecified atom stereocenters. The largest absolute Gasteiger partial charge is 0.458 e. The maximum atomic E-state index is 12.0. The van der Waals surface area contributed by atoms with Crippen molar-refractivity contribution in [3.05, 3.63) is 12.2 Å². The number of aliphatic hydroxyl groups excluding tert-OH is 1. The first-order valence-electron chi connectivity index (χ1n) is 7.79. The van der Waals surface area contributed by atoms with E-state index in [1.807, 2.05) is 0 Å². The van der Waals surface area contributed by atoms with Gasteiger partial charge in [0.2, 0.25) is 0 Å². The van der Waals surface area contributed by atoms with Crippen molar-refractivity contribution >= 4 is 11.9 Å². The molecular formula is C16H22O6. The summed E-state index contributed by atoms with van der Waals surface area (Å²) >= 11 is 0. The van der Waals surface area contributed by atoms with Crippen LogP contribution in [0.25, 0.3) is 0 Å². The lowest BCUT2D eigenvalue weighted by Crippen LogP contribution is -2.45. The minimum absolute atomic E-state index is 0.0426. The van der Waals surface area contributed by atoms with Gasteiger partial charge in [-0.25, -0.2) is 4.79 Å². The first-order valence-corrected chi connectivity index (χ1v) is 7.79. The fourth-order valence-corrected chi connectivity index (χ4v) is 3.91. The van der Waals surface area contributed by atoms with Gasteiger partial charge in [0.15, 0.2) is 6.29 Å². The highest BCUT2D eigenvalue weighted by Crippen LogP contribution is 2.48. The van der Waals surface area contributed by atoms with Crippen LogP contribution < -0.4 is 0 Å². The number of ether oxygens (including phenoxy) is 3. The van der Waals surface area contributed by atoms with Gasteiger partial charge in [0.05, 0.1) is 5.92 Å². The van der Waals surface area contributed by atoms with Gasteiger partial charge in [-0.05, 0) is 44.1 Å². The maximum Gasteiger partial charge on any atom is 0.332 e. The third-order valence-corrected chi connectivity index (χ3v) is 4.89. The Hall–Kier alpha value is -1.40. The van der Waals surface area contributed by atoms with E-state index in [4.69, 9.17) is 14.2 Å². The van der Waals surface area contributed by atoms with Crippen LogP contribution in [0.4, 0.5) is 0 Å². The SMILES string of the molecule is C=C(C)C(O)OCC(=O)OC1C2CC3CC(C2)C(=O)OC1C3. The Kier molecular flexibility index (Phi) is 4.23. The molecule has 2 aliphatic carbocycles. The second-order valence-corrected chi connectivity index (χ2v) is 6.71. The summed E-state index contributed by atoms with van der Waals surface area (Å²) in [6, 6.07) is 0. The molecule has 0 radical (unpaired) electrons. The van der Waals surface area contributed by atoms with Gasteiger partial charge in [-0.1, -0.05) is 6.58 Å². The Morgan fingerprint density at radius 1 is 1.41 bits per heavy atom. The van der Waals surface area contributed by atoms with Crippen LogP contribution in [0.5, 0.6) is 0 Å². The quantitative estimate of drug-likeness (QED) is 0.466. The summed E-state index contributed by atoms with van der Waals surface area (Å²) < 4.78 is 16.0. The van der Waals surface area contributed by atoms with Crippen LogP contribution in [0, 0.1) is 17.8 Å². The number of esters is 2. The molecule has 0 aromatic carbocycles. The highest BCUT2D eigenvalue weighted by atomic mass is 16.6. The monoisotopic (exact) mass is 310 g/mol. The molecule has 6 heteroatoms. The Bertz CT molecular complexity index is 487. The number of fused-ring (bicyclic) bond motifs is 1. The third-order valence-electron chi connectivity index (χ3n) is 4.89. The molecular weight excluding hydrogens is 288 g/mol. The van der Waals surface area contributed by atoms with Gasteiger partial charge in [0.25, 0.3) is 0 Å². The van der Waals surface area contributed by atoms with Crippen molar-refractivity contribution in [1.29, 1.82) is 0 Å². The fraction of sp³-hybridized carbons (Fsp3) is 0.750. The lowest BCUT2D eigenvalue weighted by Gasteiger charge is -2.41. The zero-order valence-electron chi connectivity index (χ0n) is 12.7. The molecule has 4 aliphatic rings. The number of rotatable bonds is 5. The molecule has 6 nitrogen and oxygen atoms in total. The van der Waals surface area contributed by atoms with E-state index in [-0.39, 0.29) is 36.6 Å². The molecule has 4 rings (SSSR count). The molecule has 0 aromatic rings. The van der Waals surface area contributed by atoms with Crippen molar-refractivity contribution in [1.82, 2.24) is 0 Å². The Morgan fingerprint density at radius 2 is 2.18 bits per heavy atom. The maximum absolute atomic E-state index is 12.0. The first kappa shape index (κ1) is 15.5. The molecule has 122 valence electrons. The van der Waals surface area contributed by atoms with E-state index in [1.165, 1.54) is 0 Å². The second-order valence-electron chi connectivity index (χ2n) is 6.71. The van der Waals surface area contributed by atoms with Crippen molar-refractivity contribution < 1.29 is 28.9 Å². The zero-order chi connectivity index (χ0) is 15.9.